The highest BCUT2D eigenvalue weighted by Crippen LogP contribution is 2.35. The van der Waals surface area contributed by atoms with Crippen LogP contribution in [0.5, 0.6) is 0 Å². The minimum absolute atomic E-state index is 0.0329. The van der Waals surface area contributed by atoms with Crippen LogP contribution in [0.15, 0.2) is 24.3 Å². The van der Waals surface area contributed by atoms with Crippen LogP contribution in [0.4, 0.5) is 0 Å². The van der Waals surface area contributed by atoms with Gasteiger partial charge >= 0.3 is 0 Å². The predicted octanol–water partition coefficient (Wildman–Crippen LogP) is 3.26. The molecule has 2 nitrogen and oxygen atoms in total. The first-order valence-corrected chi connectivity index (χ1v) is 6.69. The lowest BCUT2D eigenvalue weighted by Gasteiger charge is -2.27. The summed E-state index contributed by atoms with van der Waals surface area (Å²) in [4.78, 5) is 0. The molecule has 1 aliphatic heterocycles. The van der Waals surface area contributed by atoms with Crippen molar-refractivity contribution in [2.45, 2.75) is 50.9 Å². The molecule has 3 rings (SSSR count). The smallest absolute Gasteiger partial charge is 0.157 e. The fourth-order valence-corrected chi connectivity index (χ4v) is 2.94. The van der Waals surface area contributed by atoms with Gasteiger partial charge in [-0.15, -0.1) is 0 Å². The van der Waals surface area contributed by atoms with Crippen LogP contribution in [0.2, 0.25) is 0 Å². The summed E-state index contributed by atoms with van der Waals surface area (Å²) in [6, 6.07) is 8.68. The molecule has 1 aliphatic carbocycles. The van der Waals surface area contributed by atoms with Gasteiger partial charge in [0.05, 0.1) is 6.10 Å². The summed E-state index contributed by atoms with van der Waals surface area (Å²) in [7, 11) is 0. The molecule has 1 heterocycles. The highest BCUT2D eigenvalue weighted by molar-refractivity contribution is 5.36. The van der Waals surface area contributed by atoms with Gasteiger partial charge < -0.3 is 9.47 Å². The molecule has 1 aromatic carbocycles. The van der Waals surface area contributed by atoms with Crippen LogP contribution in [0.3, 0.4) is 0 Å². The monoisotopic (exact) mass is 232 g/mol. The van der Waals surface area contributed by atoms with Crippen molar-refractivity contribution in [2.24, 2.45) is 0 Å². The van der Waals surface area contributed by atoms with Crippen molar-refractivity contribution in [2.75, 3.05) is 6.61 Å². The van der Waals surface area contributed by atoms with Gasteiger partial charge in [-0.3, -0.25) is 0 Å². The summed E-state index contributed by atoms with van der Waals surface area (Å²) in [5, 5.41) is 0. The first-order valence-electron chi connectivity index (χ1n) is 6.69. The molecule has 0 saturated carbocycles. The zero-order valence-electron chi connectivity index (χ0n) is 10.4. The van der Waals surface area contributed by atoms with E-state index in [0.29, 0.717) is 12.0 Å². The zero-order chi connectivity index (χ0) is 11.7. The van der Waals surface area contributed by atoms with Crippen molar-refractivity contribution in [3.63, 3.8) is 0 Å². The van der Waals surface area contributed by atoms with E-state index in [0.717, 1.165) is 19.4 Å². The van der Waals surface area contributed by atoms with Crippen molar-refractivity contribution in [1.82, 2.24) is 0 Å². The maximum atomic E-state index is 6.12. The van der Waals surface area contributed by atoms with Gasteiger partial charge in [-0.05, 0) is 36.8 Å². The van der Waals surface area contributed by atoms with Gasteiger partial charge in [-0.2, -0.15) is 0 Å². The molecular formula is C15H20O2. The molecule has 1 saturated heterocycles. The molecule has 2 aliphatic rings. The molecule has 0 aromatic heterocycles. The van der Waals surface area contributed by atoms with Gasteiger partial charge in [0.2, 0.25) is 0 Å². The highest BCUT2D eigenvalue weighted by atomic mass is 16.7. The molecule has 0 N–H and O–H groups in total. The lowest BCUT2D eigenvalue weighted by Crippen LogP contribution is -2.29. The van der Waals surface area contributed by atoms with Gasteiger partial charge in [0, 0.05) is 12.5 Å². The van der Waals surface area contributed by atoms with Crippen molar-refractivity contribution in [1.29, 1.82) is 0 Å². The average molecular weight is 232 g/mol. The minimum Gasteiger partial charge on any atom is -0.353 e. The summed E-state index contributed by atoms with van der Waals surface area (Å²) in [6.07, 6.45) is 4.84. The van der Waals surface area contributed by atoms with E-state index in [-0.39, 0.29) is 6.29 Å². The number of rotatable bonds is 2. The van der Waals surface area contributed by atoms with Gasteiger partial charge in [-0.25, -0.2) is 0 Å². The molecular weight excluding hydrogens is 212 g/mol. The molecule has 1 unspecified atom stereocenters. The molecule has 1 aromatic rings. The van der Waals surface area contributed by atoms with Gasteiger partial charge in [-0.1, -0.05) is 31.2 Å². The molecule has 1 fully saturated rings. The lowest BCUT2D eigenvalue weighted by molar-refractivity contribution is -0.189. The Balaban J connectivity index is 1.67. The van der Waals surface area contributed by atoms with E-state index >= 15 is 0 Å². The topological polar surface area (TPSA) is 18.5 Å². The Morgan fingerprint density at radius 1 is 1.24 bits per heavy atom. The zero-order valence-corrected chi connectivity index (χ0v) is 10.4. The van der Waals surface area contributed by atoms with E-state index in [1.165, 1.54) is 24.0 Å². The maximum Gasteiger partial charge on any atom is 0.157 e. The summed E-state index contributed by atoms with van der Waals surface area (Å²) in [5.41, 5.74) is 2.90. The minimum atomic E-state index is 0.0329. The molecule has 0 spiro atoms. The van der Waals surface area contributed by atoms with Crippen molar-refractivity contribution in [3.05, 3.63) is 35.4 Å². The van der Waals surface area contributed by atoms with E-state index < -0.39 is 0 Å². The van der Waals surface area contributed by atoms with Crippen LogP contribution in [0.1, 0.15) is 43.2 Å². The normalized spacial score (nSPS) is 32.4. The van der Waals surface area contributed by atoms with Crippen LogP contribution in [0, 0.1) is 0 Å². The number of benzene rings is 1. The fourth-order valence-electron chi connectivity index (χ4n) is 2.94. The summed E-state index contributed by atoms with van der Waals surface area (Å²) < 4.78 is 11.8. The van der Waals surface area contributed by atoms with Gasteiger partial charge in [0.15, 0.2) is 6.29 Å². The molecule has 17 heavy (non-hydrogen) atoms. The Morgan fingerprint density at radius 3 is 2.88 bits per heavy atom. The second-order valence-electron chi connectivity index (χ2n) is 5.16. The van der Waals surface area contributed by atoms with Crippen LogP contribution < -0.4 is 0 Å². The van der Waals surface area contributed by atoms with Crippen LogP contribution in [-0.2, 0) is 15.9 Å². The molecule has 0 amide bonds. The predicted molar refractivity (Wildman–Crippen MR) is 67.0 cm³/mol. The van der Waals surface area contributed by atoms with E-state index in [4.69, 9.17) is 9.47 Å². The lowest BCUT2D eigenvalue weighted by atomic mass is 10.0. The summed E-state index contributed by atoms with van der Waals surface area (Å²) in [5.74, 6) is 0.497. The molecule has 0 bridgehead atoms. The first-order chi connectivity index (χ1) is 8.34. The van der Waals surface area contributed by atoms with E-state index in [1.54, 1.807) is 0 Å². The Kier molecular flexibility index (Phi) is 3.17. The highest BCUT2D eigenvalue weighted by Gasteiger charge is 2.32. The maximum absolute atomic E-state index is 6.12. The second kappa shape index (κ2) is 4.79. The van der Waals surface area contributed by atoms with Crippen LogP contribution in [-0.4, -0.2) is 19.0 Å². The van der Waals surface area contributed by atoms with Crippen molar-refractivity contribution < 1.29 is 9.47 Å². The fraction of sp³-hybridized carbons (Fsp3) is 0.600. The van der Waals surface area contributed by atoms with Crippen molar-refractivity contribution in [3.8, 4) is 0 Å². The van der Waals surface area contributed by atoms with Gasteiger partial charge in [0.1, 0.15) is 0 Å². The second-order valence-corrected chi connectivity index (χ2v) is 5.16. The SMILES string of the molecule is C[C@@H]1c2ccccc2C[C@@H]1OC1CCCCO1. The standard InChI is InChI=1S/C15H20O2/c1-11-13-7-3-2-6-12(13)10-14(11)17-15-8-4-5-9-16-15/h2-3,6-7,11,14-15H,4-5,8-10H2,1H3/t11-,14+,15?/m1/s1. The van der Waals surface area contributed by atoms with E-state index in [9.17, 15) is 0 Å². The van der Waals surface area contributed by atoms with E-state index in [1.807, 2.05) is 0 Å². The summed E-state index contributed by atoms with van der Waals surface area (Å²) >= 11 is 0. The Morgan fingerprint density at radius 2 is 2.12 bits per heavy atom. The Hall–Kier alpha value is -0.860. The molecule has 3 atom stereocenters. The Labute approximate surface area is 103 Å². The third kappa shape index (κ3) is 2.24. The first kappa shape index (κ1) is 11.2. The number of hydrogen-bond donors (Lipinski definition) is 0. The van der Waals surface area contributed by atoms with Crippen LogP contribution >= 0.6 is 0 Å². The van der Waals surface area contributed by atoms with Crippen LogP contribution in [0.25, 0.3) is 0 Å². The number of hydrogen-bond acceptors (Lipinski definition) is 2. The van der Waals surface area contributed by atoms with Crippen molar-refractivity contribution >= 4 is 0 Å². The summed E-state index contributed by atoms with van der Waals surface area (Å²) in [6.45, 7) is 3.12. The quantitative estimate of drug-likeness (QED) is 0.779. The third-order valence-corrected chi connectivity index (χ3v) is 3.99. The largest absolute Gasteiger partial charge is 0.353 e. The Bertz CT molecular complexity index is 382. The van der Waals surface area contributed by atoms with E-state index in [2.05, 4.69) is 31.2 Å². The molecule has 2 heteroatoms. The molecule has 92 valence electrons. The average Bonchev–Trinajstić information content (AvgIpc) is 2.68. The number of fused-ring (bicyclic) bond motifs is 1. The molecule has 0 radical (unpaired) electrons. The van der Waals surface area contributed by atoms with Gasteiger partial charge in [0.25, 0.3) is 0 Å². The third-order valence-electron chi connectivity index (χ3n) is 3.99. The number of ether oxygens (including phenoxy) is 2.